The lowest BCUT2D eigenvalue weighted by atomic mass is 9.73. The SMILES string of the molecule is COc1ccc(CC(CO)(Cc2ccc(OC)cc2)Cc2ccc(OC)cc2)cc1. The second-order valence-electron chi connectivity index (χ2n) is 7.73. The van der Waals surface area contributed by atoms with Crippen LogP contribution in [-0.4, -0.2) is 33.0 Å². The fourth-order valence-corrected chi connectivity index (χ4v) is 3.88. The maximum atomic E-state index is 10.6. The van der Waals surface area contributed by atoms with Crippen molar-refractivity contribution >= 4 is 0 Å². The number of ether oxygens (including phenoxy) is 3. The van der Waals surface area contributed by atoms with E-state index in [0.717, 1.165) is 36.5 Å². The van der Waals surface area contributed by atoms with Crippen LogP contribution in [-0.2, 0) is 19.3 Å². The van der Waals surface area contributed by atoms with Gasteiger partial charge in [-0.2, -0.15) is 0 Å². The Morgan fingerprint density at radius 2 is 0.800 bits per heavy atom. The van der Waals surface area contributed by atoms with Crippen LogP contribution >= 0.6 is 0 Å². The minimum atomic E-state index is -0.336. The van der Waals surface area contributed by atoms with E-state index in [1.807, 2.05) is 36.4 Å². The molecule has 0 fully saturated rings. The van der Waals surface area contributed by atoms with Crippen molar-refractivity contribution in [1.29, 1.82) is 0 Å². The monoisotopic (exact) mass is 406 g/mol. The van der Waals surface area contributed by atoms with E-state index in [2.05, 4.69) is 36.4 Å². The molecule has 0 heterocycles. The lowest BCUT2D eigenvalue weighted by Gasteiger charge is -2.33. The number of hydrogen-bond donors (Lipinski definition) is 1. The summed E-state index contributed by atoms with van der Waals surface area (Å²) in [5.41, 5.74) is 3.18. The Kier molecular flexibility index (Phi) is 7.36. The van der Waals surface area contributed by atoms with Crippen molar-refractivity contribution in [3.63, 3.8) is 0 Å². The van der Waals surface area contributed by atoms with Crippen molar-refractivity contribution in [3.8, 4) is 17.2 Å². The Bertz CT molecular complexity index is 779. The average Bonchev–Trinajstić information content (AvgIpc) is 2.80. The van der Waals surface area contributed by atoms with E-state index in [1.54, 1.807) is 21.3 Å². The molecule has 0 bridgehead atoms. The maximum Gasteiger partial charge on any atom is 0.118 e. The summed E-state index contributed by atoms with van der Waals surface area (Å²) in [6.07, 6.45) is 2.27. The number of rotatable bonds is 10. The molecule has 0 aliphatic rings. The van der Waals surface area contributed by atoms with Gasteiger partial charge in [-0.3, -0.25) is 0 Å². The van der Waals surface area contributed by atoms with Gasteiger partial charge in [0.2, 0.25) is 0 Å². The molecule has 4 nitrogen and oxygen atoms in total. The molecule has 0 atom stereocenters. The van der Waals surface area contributed by atoms with Crippen molar-refractivity contribution in [3.05, 3.63) is 89.5 Å². The van der Waals surface area contributed by atoms with E-state index in [0.29, 0.717) is 0 Å². The Labute approximate surface area is 179 Å². The summed E-state index contributed by atoms with van der Waals surface area (Å²) in [6, 6.07) is 24.3. The number of methoxy groups -OCH3 is 3. The molecular weight excluding hydrogens is 376 g/mol. The summed E-state index contributed by atoms with van der Waals surface area (Å²) in [7, 11) is 5.00. The topological polar surface area (TPSA) is 47.9 Å². The predicted octanol–water partition coefficient (Wildman–Crippen LogP) is 4.72. The molecular formula is C26H30O4. The molecule has 158 valence electrons. The molecule has 0 unspecified atom stereocenters. The zero-order chi connectivity index (χ0) is 21.4. The zero-order valence-electron chi connectivity index (χ0n) is 17.9. The number of aliphatic hydroxyl groups excluding tert-OH is 1. The van der Waals surface area contributed by atoms with Crippen molar-refractivity contribution in [1.82, 2.24) is 0 Å². The molecule has 4 heteroatoms. The molecule has 0 aliphatic heterocycles. The molecule has 0 aliphatic carbocycles. The first-order chi connectivity index (χ1) is 14.6. The fourth-order valence-electron chi connectivity index (χ4n) is 3.88. The van der Waals surface area contributed by atoms with E-state index >= 15 is 0 Å². The van der Waals surface area contributed by atoms with Gasteiger partial charge in [-0.15, -0.1) is 0 Å². The van der Waals surface area contributed by atoms with Gasteiger partial charge in [0.15, 0.2) is 0 Å². The lowest BCUT2D eigenvalue weighted by Crippen LogP contribution is -2.33. The standard InChI is InChI=1S/C26H30O4/c1-28-23-10-4-20(5-11-23)16-26(19-27,17-21-6-12-24(29-2)13-7-21)18-22-8-14-25(30-3)15-9-22/h4-15,27H,16-19H2,1-3H3. The molecule has 0 radical (unpaired) electrons. The Morgan fingerprint density at radius 3 is 1.00 bits per heavy atom. The number of hydrogen-bond acceptors (Lipinski definition) is 4. The van der Waals surface area contributed by atoms with Crippen LogP contribution in [0.1, 0.15) is 16.7 Å². The minimum absolute atomic E-state index is 0.0804. The van der Waals surface area contributed by atoms with Gasteiger partial charge in [-0.1, -0.05) is 36.4 Å². The van der Waals surface area contributed by atoms with Crippen LogP contribution in [0.5, 0.6) is 17.2 Å². The Balaban J connectivity index is 1.90. The molecule has 0 spiro atoms. The third kappa shape index (κ3) is 5.55. The summed E-state index contributed by atoms with van der Waals surface area (Å²) < 4.78 is 15.9. The molecule has 0 saturated heterocycles. The van der Waals surface area contributed by atoms with Gasteiger partial charge in [0, 0.05) is 12.0 Å². The van der Waals surface area contributed by atoms with Crippen LogP contribution in [0.3, 0.4) is 0 Å². The van der Waals surface area contributed by atoms with Gasteiger partial charge >= 0.3 is 0 Å². The van der Waals surface area contributed by atoms with Gasteiger partial charge < -0.3 is 19.3 Å². The number of benzene rings is 3. The van der Waals surface area contributed by atoms with Crippen LogP contribution in [0.15, 0.2) is 72.8 Å². The van der Waals surface area contributed by atoms with Crippen LogP contribution in [0.2, 0.25) is 0 Å². The predicted molar refractivity (Wildman–Crippen MR) is 120 cm³/mol. The van der Waals surface area contributed by atoms with Crippen molar-refractivity contribution in [2.75, 3.05) is 27.9 Å². The molecule has 30 heavy (non-hydrogen) atoms. The number of aliphatic hydroxyl groups is 1. The highest BCUT2D eigenvalue weighted by Gasteiger charge is 2.31. The van der Waals surface area contributed by atoms with Crippen LogP contribution in [0.25, 0.3) is 0 Å². The summed E-state index contributed by atoms with van der Waals surface area (Å²) in [4.78, 5) is 0. The normalized spacial score (nSPS) is 11.2. The van der Waals surface area contributed by atoms with Gasteiger partial charge in [0.1, 0.15) is 17.2 Å². The van der Waals surface area contributed by atoms with Gasteiger partial charge in [-0.05, 0) is 72.4 Å². The van der Waals surface area contributed by atoms with E-state index in [1.165, 1.54) is 16.7 Å². The minimum Gasteiger partial charge on any atom is -0.497 e. The molecule has 3 aromatic carbocycles. The fraction of sp³-hybridized carbons (Fsp3) is 0.308. The first kappa shape index (κ1) is 21.7. The highest BCUT2D eigenvalue weighted by Crippen LogP contribution is 2.33. The van der Waals surface area contributed by atoms with Crippen LogP contribution < -0.4 is 14.2 Å². The highest BCUT2D eigenvalue weighted by molar-refractivity contribution is 5.32. The molecule has 0 saturated carbocycles. The van der Waals surface area contributed by atoms with Gasteiger partial charge in [0.25, 0.3) is 0 Å². The average molecular weight is 407 g/mol. The van der Waals surface area contributed by atoms with Crippen molar-refractivity contribution in [2.24, 2.45) is 5.41 Å². The molecule has 3 aromatic rings. The Morgan fingerprint density at radius 1 is 0.533 bits per heavy atom. The summed E-state index contributed by atoms with van der Waals surface area (Å²) in [5, 5.41) is 10.6. The summed E-state index contributed by atoms with van der Waals surface area (Å²) >= 11 is 0. The zero-order valence-corrected chi connectivity index (χ0v) is 17.9. The first-order valence-electron chi connectivity index (χ1n) is 10.1. The molecule has 1 N–H and O–H groups in total. The van der Waals surface area contributed by atoms with E-state index in [9.17, 15) is 5.11 Å². The van der Waals surface area contributed by atoms with Gasteiger partial charge in [-0.25, -0.2) is 0 Å². The molecule has 0 amide bonds. The van der Waals surface area contributed by atoms with E-state index < -0.39 is 0 Å². The highest BCUT2D eigenvalue weighted by atomic mass is 16.5. The largest absolute Gasteiger partial charge is 0.497 e. The second kappa shape index (κ2) is 10.2. The van der Waals surface area contributed by atoms with Crippen LogP contribution in [0.4, 0.5) is 0 Å². The lowest BCUT2D eigenvalue weighted by molar-refractivity contribution is 0.123. The first-order valence-corrected chi connectivity index (χ1v) is 10.1. The smallest absolute Gasteiger partial charge is 0.118 e. The van der Waals surface area contributed by atoms with E-state index in [4.69, 9.17) is 14.2 Å². The quantitative estimate of drug-likeness (QED) is 0.529. The van der Waals surface area contributed by atoms with Crippen LogP contribution in [0, 0.1) is 5.41 Å². The van der Waals surface area contributed by atoms with E-state index in [-0.39, 0.29) is 12.0 Å². The third-order valence-electron chi connectivity index (χ3n) is 5.55. The second-order valence-corrected chi connectivity index (χ2v) is 7.73. The maximum absolute atomic E-state index is 10.6. The van der Waals surface area contributed by atoms with Gasteiger partial charge in [0.05, 0.1) is 21.3 Å². The summed E-state index contributed by atoms with van der Waals surface area (Å²) in [5.74, 6) is 2.50. The van der Waals surface area contributed by atoms with Crippen molar-refractivity contribution in [2.45, 2.75) is 19.3 Å². The molecule has 0 aromatic heterocycles. The third-order valence-corrected chi connectivity index (χ3v) is 5.55. The summed E-state index contributed by atoms with van der Waals surface area (Å²) in [6.45, 7) is 0.0804. The van der Waals surface area contributed by atoms with Crippen molar-refractivity contribution < 1.29 is 19.3 Å². The Hall–Kier alpha value is -2.98. The molecule has 3 rings (SSSR count).